The average molecular weight is 291 g/mol. The van der Waals surface area contributed by atoms with Crippen LogP contribution < -0.4 is 5.73 Å². The Bertz CT molecular complexity index is 707. The van der Waals surface area contributed by atoms with Crippen LogP contribution in [-0.4, -0.2) is 19.6 Å². The predicted octanol–water partition coefficient (Wildman–Crippen LogP) is 2.20. The molecule has 1 atom stereocenters. The van der Waals surface area contributed by atoms with Gasteiger partial charge in [-0.2, -0.15) is 5.10 Å². The van der Waals surface area contributed by atoms with Crippen LogP contribution in [0.5, 0.6) is 0 Å². The van der Waals surface area contributed by atoms with Gasteiger partial charge < -0.3 is 5.73 Å². The van der Waals surface area contributed by atoms with Crippen LogP contribution in [-0.2, 0) is 0 Å². The molecule has 9 heteroatoms. The van der Waals surface area contributed by atoms with E-state index in [1.165, 1.54) is 23.7 Å². The van der Waals surface area contributed by atoms with E-state index in [0.29, 0.717) is 5.56 Å². The molecule has 2 rings (SSSR count). The molecule has 1 unspecified atom stereocenters. The summed E-state index contributed by atoms with van der Waals surface area (Å²) >= 11 is 0. The highest BCUT2D eigenvalue weighted by molar-refractivity contribution is 5.56. The first-order valence-corrected chi connectivity index (χ1v) is 6.06. The number of rotatable bonds is 4. The van der Waals surface area contributed by atoms with Crippen LogP contribution in [0, 0.1) is 27.2 Å². The lowest BCUT2D eigenvalue weighted by Gasteiger charge is -2.13. The normalized spacial score (nSPS) is 12.1. The minimum atomic E-state index is -0.573. The van der Waals surface area contributed by atoms with E-state index in [9.17, 15) is 20.2 Å². The Morgan fingerprint density at radius 1 is 1.19 bits per heavy atom. The summed E-state index contributed by atoms with van der Waals surface area (Å²) in [6.45, 7) is 3.27. The molecule has 1 aromatic carbocycles. The number of nitrogen functional groups attached to an aromatic ring is 1. The number of anilines is 1. The van der Waals surface area contributed by atoms with E-state index in [1.54, 1.807) is 19.1 Å². The van der Waals surface area contributed by atoms with E-state index in [-0.39, 0.29) is 28.9 Å². The van der Waals surface area contributed by atoms with Crippen LogP contribution >= 0.6 is 0 Å². The number of nitro benzene ring substituents is 1. The topological polar surface area (TPSA) is 130 Å². The van der Waals surface area contributed by atoms with E-state index < -0.39 is 9.85 Å². The largest absolute Gasteiger partial charge is 0.378 e. The fraction of sp³-hybridized carbons (Fsp3) is 0.250. The molecular weight excluding hydrogens is 278 g/mol. The molecule has 0 aliphatic rings. The summed E-state index contributed by atoms with van der Waals surface area (Å²) < 4.78 is 1.34. The Morgan fingerprint density at radius 2 is 1.76 bits per heavy atom. The number of nitro groups is 2. The molecule has 0 radical (unpaired) electrons. The van der Waals surface area contributed by atoms with Crippen LogP contribution in [0.4, 0.5) is 17.2 Å². The molecule has 21 heavy (non-hydrogen) atoms. The van der Waals surface area contributed by atoms with Gasteiger partial charge in [-0.1, -0.05) is 12.1 Å². The van der Waals surface area contributed by atoms with Crippen LogP contribution in [0.1, 0.15) is 24.2 Å². The standard InChI is InChI=1S/C12H13N5O4/c1-7-11(17(20)21)12(13)15(14-7)8(2)9-3-5-10(6-4-9)16(18)19/h3-6,8H,13H2,1-2H3. The molecule has 1 aromatic heterocycles. The molecule has 1 heterocycles. The van der Waals surface area contributed by atoms with Gasteiger partial charge >= 0.3 is 5.69 Å². The second-order valence-corrected chi connectivity index (χ2v) is 4.55. The maximum Gasteiger partial charge on any atom is 0.333 e. The van der Waals surface area contributed by atoms with Crippen LogP contribution in [0.2, 0.25) is 0 Å². The van der Waals surface area contributed by atoms with Crippen molar-refractivity contribution in [2.24, 2.45) is 0 Å². The number of nitrogens with two attached hydrogens (primary N) is 1. The van der Waals surface area contributed by atoms with Crippen molar-refractivity contribution in [3.63, 3.8) is 0 Å². The Morgan fingerprint density at radius 3 is 2.19 bits per heavy atom. The lowest BCUT2D eigenvalue weighted by atomic mass is 10.1. The quantitative estimate of drug-likeness (QED) is 0.678. The van der Waals surface area contributed by atoms with Crippen molar-refractivity contribution in [2.75, 3.05) is 5.73 Å². The van der Waals surface area contributed by atoms with Crippen molar-refractivity contribution in [1.29, 1.82) is 0 Å². The Balaban J connectivity index is 2.40. The minimum absolute atomic E-state index is 0.0263. The van der Waals surface area contributed by atoms with E-state index in [1.807, 2.05) is 0 Å². The zero-order chi connectivity index (χ0) is 15.7. The number of hydrogen-bond acceptors (Lipinski definition) is 6. The summed E-state index contributed by atoms with van der Waals surface area (Å²) in [4.78, 5) is 20.5. The molecule has 0 amide bonds. The van der Waals surface area contributed by atoms with Gasteiger partial charge in [0.2, 0.25) is 5.82 Å². The van der Waals surface area contributed by atoms with Gasteiger partial charge in [-0.3, -0.25) is 20.2 Å². The zero-order valence-corrected chi connectivity index (χ0v) is 11.4. The van der Waals surface area contributed by atoms with Gasteiger partial charge in [-0.25, -0.2) is 4.68 Å². The summed E-state index contributed by atoms with van der Waals surface area (Å²) in [7, 11) is 0. The Kier molecular flexibility index (Phi) is 3.57. The third-order valence-electron chi connectivity index (χ3n) is 3.23. The maximum absolute atomic E-state index is 10.9. The second kappa shape index (κ2) is 5.19. The van der Waals surface area contributed by atoms with Gasteiger partial charge in [0.15, 0.2) is 0 Å². The van der Waals surface area contributed by atoms with Gasteiger partial charge in [0.05, 0.1) is 15.9 Å². The van der Waals surface area contributed by atoms with E-state index in [4.69, 9.17) is 5.73 Å². The average Bonchev–Trinajstić information content (AvgIpc) is 2.73. The molecule has 110 valence electrons. The van der Waals surface area contributed by atoms with Gasteiger partial charge in [0.25, 0.3) is 5.69 Å². The Hall–Kier alpha value is -2.97. The fourth-order valence-electron chi connectivity index (χ4n) is 2.09. The number of non-ortho nitro benzene ring substituents is 1. The van der Waals surface area contributed by atoms with Crippen molar-refractivity contribution < 1.29 is 9.85 Å². The highest BCUT2D eigenvalue weighted by Gasteiger charge is 2.25. The molecule has 9 nitrogen and oxygen atoms in total. The molecule has 0 aliphatic carbocycles. The van der Waals surface area contributed by atoms with Gasteiger partial charge in [-0.05, 0) is 19.4 Å². The smallest absolute Gasteiger partial charge is 0.333 e. The molecule has 0 spiro atoms. The lowest BCUT2D eigenvalue weighted by molar-refractivity contribution is -0.384. The number of aryl methyl sites for hydroxylation is 1. The number of aromatic nitrogens is 2. The van der Waals surface area contributed by atoms with E-state index in [0.717, 1.165) is 0 Å². The minimum Gasteiger partial charge on any atom is -0.378 e. The lowest BCUT2D eigenvalue weighted by Crippen LogP contribution is -2.12. The van der Waals surface area contributed by atoms with Crippen molar-refractivity contribution >= 4 is 17.2 Å². The highest BCUT2D eigenvalue weighted by Crippen LogP contribution is 2.30. The SMILES string of the molecule is Cc1nn(C(C)c2ccc([N+](=O)[O-])cc2)c(N)c1[N+](=O)[O-]. The number of nitrogens with zero attached hydrogens (tertiary/aromatic N) is 4. The predicted molar refractivity (Wildman–Crippen MR) is 74.9 cm³/mol. The van der Waals surface area contributed by atoms with Crippen molar-refractivity contribution in [1.82, 2.24) is 9.78 Å². The first kappa shape index (κ1) is 14.4. The van der Waals surface area contributed by atoms with Gasteiger partial charge in [0, 0.05) is 12.1 Å². The summed E-state index contributed by atoms with van der Waals surface area (Å²) in [5, 5.41) is 25.6. The molecule has 0 saturated carbocycles. The molecule has 0 aliphatic heterocycles. The number of benzene rings is 1. The fourth-order valence-corrected chi connectivity index (χ4v) is 2.09. The van der Waals surface area contributed by atoms with E-state index >= 15 is 0 Å². The molecule has 0 fully saturated rings. The molecule has 0 bridgehead atoms. The van der Waals surface area contributed by atoms with Crippen LogP contribution in [0.25, 0.3) is 0 Å². The molecule has 2 aromatic rings. The van der Waals surface area contributed by atoms with E-state index in [2.05, 4.69) is 5.10 Å². The van der Waals surface area contributed by atoms with Crippen molar-refractivity contribution in [2.45, 2.75) is 19.9 Å². The maximum atomic E-state index is 10.9. The third-order valence-corrected chi connectivity index (χ3v) is 3.23. The molecule has 0 saturated heterocycles. The van der Waals surface area contributed by atoms with Crippen molar-refractivity contribution in [3.05, 3.63) is 55.8 Å². The monoisotopic (exact) mass is 291 g/mol. The first-order chi connectivity index (χ1) is 9.82. The second-order valence-electron chi connectivity index (χ2n) is 4.55. The van der Waals surface area contributed by atoms with Crippen molar-refractivity contribution in [3.8, 4) is 0 Å². The summed E-state index contributed by atoms with van der Waals surface area (Å²) in [5.41, 5.74) is 6.47. The molecular formula is C12H13N5O4. The molecule has 2 N–H and O–H groups in total. The zero-order valence-electron chi connectivity index (χ0n) is 11.4. The highest BCUT2D eigenvalue weighted by atomic mass is 16.6. The van der Waals surface area contributed by atoms with Gasteiger partial charge in [-0.15, -0.1) is 0 Å². The third kappa shape index (κ3) is 2.53. The summed E-state index contributed by atoms with van der Waals surface area (Å²) in [6, 6.07) is 5.51. The first-order valence-electron chi connectivity index (χ1n) is 6.06. The Labute approximate surface area is 119 Å². The van der Waals surface area contributed by atoms with Crippen LogP contribution in [0.15, 0.2) is 24.3 Å². The summed E-state index contributed by atoms with van der Waals surface area (Å²) in [5.74, 6) is -0.0386. The van der Waals surface area contributed by atoms with Crippen LogP contribution in [0.3, 0.4) is 0 Å². The van der Waals surface area contributed by atoms with Gasteiger partial charge in [0.1, 0.15) is 5.69 Å². The number of hydrogen-bond donors (Lipinski definition) is 1. The summed E-state index contributed by atoms with van der Waals surface area (Å²) in [6.07, 6.45) is 0.